The van der Waals surface area contributed by atoms with Crippen LogP contribution in [0.5, 0.6) is 0 Å². The van der Waals surface area contributed by atoms with Crippen LogP contribution in [0.2, 0.25) is 0 Å². The molecule has 0 saturated carbocycles. The molecular formula is C22H25F2N3O3S. The molecule has 2 saturated heterocycles. The van der Waals surface area contributed by atoms with E-state index in [2.05, 4.69) is 4.72 Å². The maximum Gasteiger partial charge on any atom is 0.320 e. The van der Waals surface area contributed by atoms with Crippen molar-refractivity contribution in [1.82, 2.24) is 14.5 Å². The molecule has 2 aromatic rings. The third kappa shape index (κ3) is 4.72. The van der Waals surface area contributed by atoms with Gasteiger partial charge in [-0.05, 0) is 42.5 Å². The number of benzene rings is 2. The number of halogens is 2. The number of nitrogens with zero attached hydrogens (tertiary/aromatic N) is 2. The van der Waals surface area contributed by atoms with Gasteiger partial charge in [0.1, 0.15) is 11.6 Å². The average Bonchev–Trinajstić information content (AvgIpc) is 3.02. The molecule has 0 aromatic heterocycles. The predicted octanol–water partition coefficient (Wildman–Crippen LogP) is 2.99. The second kappa shape index (κ2) is 8.55. The van der Waals surface area contributed by atoms with Crippen molar-refractivity contribution in [2.75, 3.05) is 25.9 Å². The number of carbonyl (C=O) groups excluding carboxylic acids is 1. The number of sulfonamides is 1. The van der Waals surface area contributed by atoms with Crippen molar-refractivity contribution in [3.63, 3.8) is 0 Å². The van der Waals surface area contributed by atoms with Crippen molar-refractivity contribution >= 4 is 16.1 Å². The van der Waals surface area contributed by atoms with Crippen LogP contribution in [0.3, 0.4) is 0 Å². The largest absolute Gasteiger partial charge is 0.325 e. The molecule has 2 heterocycles. The second-order valence-corrected chi connectivity index (χ2v) is 9.94. The number of nitrogens with one attached hydrogen (secondary N) is 1. The monoisotopic (exact) mass is 449 g/mol. The summed E-state index contributed by atoms with van der Waals surface area (Å²) < 4.78 is 55.4. The van der Waals surface area contributed by atoms with Gasteiger partial charge in [-0.2, -0.15) is 0 Å². The number of hydrogen-bond acceptors (Lipinski definition) is 3. The highest BCUT2D eigenvalue weighted by Crippen LogP contribution is 2.30. The zero-order valence-electron chi connectivity index (χ0n) is 17.2. The van der Waals surface area contributed by atoms with Crippen molar-refractivity contribution in [2.24, 2.45) is 0 Å². The number of hydrogen-bond donors (Lipinski definition) is 1. The van der Waals surface area contributed by atoms with E-state index in [4.69, 9.17) is 0 Å². The average molecular weight is 450 g/mol. The molecule has 31 heavy (non-hydrogen) atoms. The molecule has 1 N–H and O–H groups in total. The molecule has 2 aliphatic rings. The van der Waals surface area contributed by atoms with Gasteiger partial charge >= 0.3 is 6.03 Å². The summed E-state index contributed by atoms with van der Waals surface area (Å²) in [7, 11) is -3.50. The second-order valence-electron chi connectivity index (χ2n) is 8.16. The maximum absolute atomic E-state index is 15.4. The Bertz CT molecular complexity index is 1090. The van der Waals surface area contributed by atoms with E-state index < -0.39 is 33.7 Å². The SMILES string of the molecule is CS(=O)(=O)N[C@H]1CCN(C(=O)N2CCC2)[C@H]1Cc1cccc(-c2cccc(F)c2)c1F. The van der Waals surface area contributed by atoms with Crippen LogP contribution in [-0.4, -0.2) is 62.2 Å². The van der Waals surface area contributed by atoms with Crippen molar-refractivity contribution in [2.45, 2.75) is 31.3 Å². The summed E-state index contributed by atoms with van der Waals surface area (Å²) in [6.45, 7) is 1.75. The van der Waals surface area contributed by atoms with Crippen LogP contribution in [0, 0.1) is 11.6 Å². The van der Waals surface area contributed by atoms with Crippen LogP contribution in [0.25, 0.3) is 11.1 Å². The fourth-order valence-electron chi connectivity index (χ4n) is 4.29. The summed E-state index contributed by atoms with van der Waals surface area (Å²) in [6, 6.07) is 9.46. The molecule has 6 nitrogen and oxygen atoms in total. The quantitative estimate of drug-likeness (QED) is 0.763. The van der Waals surface area contributed by atoms with Crippen LogP contribution in [0.4, 0.5) is 13.6 Å². The summed E-state index contributed by atoms with van der Waals surface area (Å²) in [5.74, 6) is -0.948. The van der Waals surface area contributed by atoms with E-state index in [0.29, 0.717) is 37.2 Å². The number of carbonyl (C=O) groups is 1. The minimum absolute atomic E-state index is 0.143. The molecular weight excluding hydrogens is 424 g/mol. The fourth-order valence-corrected chi connectivity index (χ4v) is 5.11. The molecule has 2 fully saturated rings. The molecule has 0 spiro atoms. The predicted molar refractivity (Wildman–Crippen MR) is 114 cm³/mol. The van der Waals surface area contributed by atoms with Gasteiger partial charge in [0.2, 0.25) is 10.0 Å². The Hall–Kier alpha value is -2.52. The number of urea groups is 1. The van der Waals surface area contributed by atoms with Gasteiger partial charge in [-0.25, -0.2) is 26.7 Å². The summed E-state index contributed by atoms with van der Waals surface area (Å²) in [6.07, 6.45) is 2.64. The Morgan fingerprint density at radius 2 is 1.87 bits per heavy atom. The van der Waals surface area contributed by atoms with Gasteiger partial charge in [0.05, 0.1) is 12.3 Å². The van der Waals surface area contributed by atoms with Crippen LogP contribution >= 0.6 is 0 Å². The standard InChI is InChI=1S/C22H25F2N3O3S/c1-31(29,30)25-19-9-12-27(22(28)26-10-4-11-26)20(19)14-16-6-3-8-18(21(16)24)15-5-2-7-17(23)13-15/h2-3,5-8,13,19-20,25H,4,9-12,14H2,1H3/t19-,20-/m0/s1. The topological polar surface area (TPSA) is 69.7 Å². The molecule has 2 aliphatic heterocycles. The highest BCUT2D eigenvalue weighted by molar-refractivity contribution is 7.88. The molecule has 4 rings (SSSR count). The van der Waals surface area contributed by atoms with Crippen LogP contribution in [-0.2, 0) is 16.4 Å². The molecule has 0 unspecified atom stereocenters. The lowest BCUT2D eigenvalue weighted by Crippen LogP contribution is -2.54. The molecule has 2 amide bonds. The molecule has 2 aromatic carbocycles. The zero-order chi connectivity index (χ0) is 22.2. The van der Waals surface area contributed by atoms with E-state index in [9.17, 15) is 17.6 Å². The van der Waals surface area contributed by atoms with E-state index in [1.54, 1.807) is 34.1 Å². The summed E-state index contributed by atoms with van der Waals surface area (Å²) in [4.78, 5) is 16.3. The van der Waals surface area contributed by atoms with E-state index in [-0.39, 0.29) is 18.0 Å². The van der Waals surface area contributed by atoms with Gasteiger partial charge in [0, 0.05) is 31.2 Å². The molecule has 9 heteroatoms. The third-order valence-electron chi connectivity index (χ3n) is 5.93. The van der Waals surface area contributed by atoms with E-state index in [1.807, 2.05) is 0 Å². The maximum atomic E-state index is 15.4. The van der Waals surface area contributed by atoms with Crippen molar-refractivity contribution < 1.29 is 22.0 Å². The first-order valence-corrected chi connectivity index (χ1v) is 12.2. The first-order chi connectivity index (χ1) is 14.7. The van der Waals surface area contributed by atoms with E-state index >= 15 is 4.39 Å². The molecule has 0 radical (unpaired) electrons. The lowest BCUT2D eigenvalue weighted by atomic mass is 9.96. The Morgan fingerprint density at radius 3 is 2.52 bits per heavy atom. The van der Waals surface area contributed by atoms with Gasteiger partial charge in [-0.15, -0.1) is 0 Å². The van der Waals surface area contributed by atoms with Gasteiger partial charge in [-0.1, -0.05) is 30.3 Å². The van der Waals surface area contributed by atoms with Gasteiger partial charge in [0.15, 0.2) is 0 Å². The Balaban J connectivity index is 1.65. The van der Waals surface area contributed by atoms with Crippen molar-refractivity contribution in [3.8, 4) is 11.1 Å². The molecule has 0 bridgehead atoms. The summed E-state index contributed by atoms with van der Waals surface area (Å²) in [5.41, 5.74) is 1.05. The zero-order valence-corrected chi connectivity index (χ0v) is 18.0. The number of amides is 2. The van der Waals surface area contributed by atoms with Gasteiger partial charge < -0.3 is 9.80 Å². The Morgan fingerprint density at radius 1 is 1.13 bits per heavy atom. The third-order valence-corrected chi connectivity index (χ3v) is 6.66. The summed E-state index contributed by atoms with van der Waals surface area (Å²) >= 11 is 0. The highest BCUT2D eigenvalue weighted by atomic mass is 32.2. The first kappa shape index (κ1) is 21.7. The van der Waals surface area contributed by atoms with Crippen LogP contribution < -0.4 is 4.72 Å². The fraction of sp³-hybridized carbons (Fsp3) is 0.409. The lowest BCUT2D eigenvalue weighted by Gasteiger charge is -2.37. The normalized spacial score (nSPS) is 21.3. The smallest absolute Gasteiger partial charge is 0.320 e. The highest BCUT2D eigenvalue weighted by Gasteiger charge is 2.41. The van der Waals surface area contributed by atoms with E-state index in [0.717, 1.165) is 12.7 Å². The number of likely N-dealkylation sites (tertiary alicyclic amines) is 2. The Labute approximate surface area is 180 Å². The van der Waals surface area contributed by atoms with Crippen molar-refractivity contribution in [3.05, 3.63) is 59.7 Å². The first-order valence-electron chi connectivity index (χ1n) is 10.3. The molecule has 2 atom stereocenters. The minimum atomic E-state index is -3.50. The molecule has 166 valence electrons. The van der Waals surface area contributed by atoms with Gasteiger partial charge in [-0.3, -0.25) is 0 Å². The van der Waals surface area contributed by atoms with Crippen molar-refractivity contribution in [1.29, 1.82) is 0 Å². The van der Waals surface area contributed by atoms with E-state index in [1.165, 1.54) is 18.2 Å². The number of rotatable bonds is 5. The summed E-state index contributed by atoms with van der Waals surface area (Å²) in [5, 5.41) is 0. The van der Waals surface area contributed by atoms with Crippen LogP contribution in [0.1, 0.15) is 18.4 Å². The minimum Gasteiger partial charge on any atom is -0.325 e. The molecule has 0 aliphatic carbocycles. The van der Waals surface area contributed by atoms with Crippen LogP contribution in [0.15, 0.2) is 42.5 Å². The van der Waals surface area contributed by atoms with Gasteiger partial charge in [0.25, 0.3) is 0 Å². The lowest BCUT2D eigenvalue weighted by molar-refractivity contribution is 0.120. The Kier molecular flexibility index (Phi) is 5.98.